The third-order valence-corrected chi connectivity index (χ3v) is 5.61. The summed E-state index contributed by atoms with van der Waals surface area (Å²) in [5.41, 5.74) is 1.49. The molecule has 3 aromatic rings. The Kier molecular flexibility index (Phi) is 6.66. The molecule has 2 amide bonds. The molecule has 1 saturated carbocycles. The van der Waals surface area contributed by atoms with Crippen LogP contribution in [0.4, 0.5) is 5.69 Å². The van der Waals surface area contributed by atoms with Crippen LogP contribution < -0.4 is 15.4 Å². The largest absolute Gasteiger partial charge is 0.486 e. The molecule has 2 aromatic carbocycles. The molecule has 0 spiro atoms. The number of carbonyl (C=O) groups excluding carboxylic acids is 2. The second kappa shape index (κ2) is 9.78. The summed E-state index contributed by atoms with van der Waals surface area (Å²) in [7, 11) is 0. The second-order valence-corrected chi connectivity index (χ2v) is 8.32. The van der Waals surface area contributed by atoms with Gasteiger partial charge in [-0.25, -0.2) is 0 Å². The highest BCUT2D eigenvalue weighted by atomic mass is 79.9. The molecule has 31 heavy (non-hydrogen) atoms. The lowest BCUT2D eigenvalue weighted by molar-refractivity contribution is 0.0927. The maximum absolute atomic E-state index is 12.3. The molecule has 1 fully saturated rings. The Bertz CT molecular complexity index is 1040. The van der Waals surface area contributed by atoms with E-state index < -0.39 is 0 Å². The minimum atomic E-state index is -0.215. The van der Waals surface area contributed by atoms with Gasteiger partial charge in [0.15, 0.2) is 11.5 Å². The van der Waals surface area contributed by atoms with Crippen molar-refractivity contribution in [1.82, 2.24) is 10.5 Å². The number of aromatic nitrogens is 1. The first-order chi connectivity index (χ1) is 15.1. The van der Waals surface area contributed by atoms with Crippen LogP contribution in [-0.4, -0.2) is 23.0 Å². The Morgan fingerprint density at radius 2 is 1.74 bits per heavy atom. The summed E-state index contributed by atoms with van der Waals surface area (Å²) in [6.45, 7) is 0.147. The van der Waals surface area contributed by atoms with Crippen LogP contribution in [0.25, 0.3) is 0 Å². The molecule has 0 bridgehead atoms. The molecule has 0 aliphatic heterocycles. The molecule has 1 aliphatic carbocycles. The van der Waals surface area contributed by atoms with Crippen LogP contribution >= 0.6 is 15.9 Å². The molecule has 0 atom stereocenters. The summed E-state index contributed by atoms with van der Waals surface area (Å²) in [5, 5.41) is 9.65. The van der Waals surface area contributed by atoms with E-state index in [-0.39, 0.29) is 30.2 Å². The van der Waals surface area contributed by atoms with Crippen molar-refractivity contribution in [3.8, 4) is 5.75 Å². The van der Waals surface area contributed by atoms with E-state index in [4.69, 9.17) is 9.26 Å². The fourth-order valence-electron chi connectivity index (χ4n) is 3.41. The number of nitrogens with one attached hydrogen (secondary N) is 2. The highest BCUT2D eigenvalue weighted by Gasteiger charge is 2.20. The Balaban J connectivity index is 1.27. The Labute approximate surface area is 188 Å². The summed E-state index contributed by atoms with van der Waals surface area (Å²) < 4.78 is 11.8. The maximum Gasteiger partial charge on any atom is 0.273 e. The van der Waals surface area contributed by atoms with Gasteiger partial charge >= 0.3 is 0 Å². The average molecular weight is 484 g/mol. The van der Waals surface area contributed by atoms with Crippen molar-refractivity contribution in [3.05, 3.63) is 76.1 Å². The molecule has 0 unspecified atom stereocenters. The predicted octanol–water partition coefficient (Wildman–Crippen LogP) is 4.94. The first-order valence-corrected chi connectivity index (χ1v) is 10.9. The van der Waals surface area contributed by atoms with Crippen molar-refractivity contribution in [2.75, 3.05) is 5.32 Å². The Morgan fingerprint density at radius 3 is 2.45 bits per heavy atom. The number of nitrogens with zero attached hydrogens (tertiary/aromatic N) is 1. The molecule has 7 nitrogen and oxygen atoms in total. The highest BCUT2D eigenvalue weighted by Crippen LogP contribution is 2.20. The standard InChI is InChI=1S/C23H22BrN3O4/c24-16-7-5-15(6-8-16)22(28)25-18-9-11-19(12-10-18)30-14-20-13-21(27-31-20)23(29)26-17-3-1-2-4-17/h5-13,17H,1-4,14H2,(H,25,28)(H,26,29). The van der Waals surface area contributed by atoms with E-state index in [0.29, 0.717) is 22.8 Å². The van der Waals surface area contributed by atoms with Gasteiger partial charge in [0.25, 0.3) is 11.8 Å². The first kappa shape index (κ1) is 21.1. The average Bonchev–Trinajstić information content (AvgIpc) is 3.46. The van der Waals surface area contributed by atoms with E-state index >= 15 is 0 Å². The highest BCUT2D eigenvalue weighted by molar-refractivity contribution is 9.10. The van der Waals surface area contributed by atoms with Crippen molar-refractivity contribution in [1.29, 1.82) is 0 Å². The monoisotopic (exact) mass is 483 g/mol. The van der Waals surface area contributed by atoms with Crippen LogP contribution in [0, 0.1) is 0 Å². The van der Waals surface area contributed by atoms with Gasteiger partial charge in [-0.05, 0) is 61.4 Å². The molecular weight excluding hydrogens is 462 g/mol. The van der Waals surface area contributed by atoms with Crippen molar-refractivity contribution in [2.45, 2.75) is 38.3 Å². The van der Waals surface area contributed by atoms with Gasteiger partial charge in [0.05, 0.1) is 0 Å². The van der Waals surface area contributed by atoms with Gasteiger partial charge in [-0.3, -0.25) is 9.59 Å². The summed E-state index contributed by atoms with van der Waals surface area (Å²) in [6, 6.07) is 16.0. The minimum absolute atomic E-state index is 0.147. The third-order valence-electron chi connectivity index (χ3n) is 5.08. The van der Waals surface area contributed by atoms with E-state index in [2.05, 4.69) is 31.7 Å². The molecule has 1 aromatic heterocycles. The van der Waals surface area contributed by atoms with Gasteiger partial charge in [-0.15, -0.1) is 0 Å². The number of carbonyl (C=O) groups is 2. The zero-order chi connectivity index (χ0) is 21.6. The molecule has 1 aliphatic rings. The van der Waals surface area contributed by atoms with Gasteiger partial charge < -0.3 is 19.9 Å². The zero-order valence-corrected chi connectivity index (χ0v) is 18.4. The minimum Gasteiger partial charge on any atom is -0.486 e. The van der Waals surface area contributed by atoms with E-state index in [9.17, 15) is 9.59 Å². The van der Waals surface area contributed by atoms with Gasteiger partial charge in [-0.1, -0.05) is 33.9 Å². The zero-order valence-electron chi connectivity index (χ0n) is 16.8. The summed E-state index contributed by atoms with van der Waals surface area (Å²) >= 11 is 3.35. The van der Waals surface area contributed by atoms with E-state index in [0.717, 1.165) is 30.2 Å². The molecule has 2 N–H and O–H groups in total. The van der Waals surface area contributed by atoms with Crippen LogP contribution in [0.1, 0.15) is 52.3 Å². The number of ether oxygens (including phenoxy) is 1. The van der Waals surface area contributed by atoms with Crippen LogP contribution in [0.3, 0.4) is 0 Å². The van der Waals surface area contributed by atoms with Gasteiger partial charge in [-0.2, -0.15) is 0 Å². The smallest absolute Gasteiger partial charge is 0.273 e. The lowest BCUT2D eigenvalue weighted by Crippen LogP contribution is -2.32. The molecule has 1 heterocycles. The number of halogens is 1. The van der Waals surface area contributed by atoms with Crippen LogP contribution in [-0.2, 0) is 6.61 Å². The number of hydrogen-bond donors (Lipinski definition) is 2. The van der Waals surface area contributed by atoms with Crippen molar-refractivity contribution < 1.29 is 18.8 Å². The van der Waals surface area contributed by atoms with Crippen LogP contribution in [0.15, 0.2) is 63.6 Å². The number of benzene rings is 2. The van der Waals surface area contributed by atoms with Crippen molar-refractivity contribution in [2.24, 2.45) is 0 Å². The van der Waals surface area contributed by atoms with E-state index in [1.165, 1.54) is 0 Å². The van der Waals surface area contributed by atoms with E-state index in [1.54, 1.807) is 42.5 Å². The normalized spacial score (nSPS) is 13.7. The Hall–Kier alpha value is -3.13. The molecule has 4 rings (SSSR count). The predicted molar refractivity (Wildman–Crippen MR) is 119 cm³/mol. The lowest BCUT2D eigenvalue weighted by Gasteiger charge is -2.09. The second-order valence-electron chi connectivity index (χ2n) is 7.41. The quantitative estimate of drug-likeness (QED) is 0.496. The van der Waals surface area contributed by atoms with Gasteiger partial charge in [0.2, 0.25) is 0 Å². The maximum atomic E-state index is 12.3. The molecular formula is C23H22BrN3O4. The molecule has 8 heteroatoms. The fourth-order valence-corrected chi connectivity index (χ4v) is 3.68. The fraction of sp³-hybridized carbons (Fsp3) is 0.261. The SMILES string of the molecule is O=C(Nc1ccc(OCc2cc(C(=O)NC3CCCC3)no2)cc1)c1ccc(Br)cc1. The number of anilines is 1. The summed E-state index contributed by atoms with van der Waals surface area (Å²) in [5.74, 6) is 0.665. The third kappa shape index (κ3) is 5.73. The number of amides is 2. The first-order valence-electron chi connectivity index (χ1n) is 10.1. The van der Waals surface area contributed by atoms with Crippen LogP contribution in [0.5, 0.6) is 5.75 Å². The lowest BCUT2D eigenvalue weighted by atomic mass is 10.2. The summed E-state index contributed by atoms with van der Waals surface area (Å²) in [6.07, 6.45) is 4.32. The molecule has 0 radical (unpaired) electrons. The topological polar surface area (TPSA) is 93.5 Å². The van der Waals surface area contributed by atoms with Crippen molar-refractivity contribution in [3.63, 3.8) is 0 Å². The number of rotatable bonds is 7. The van der Waals surface area contributed by atoms with Crippen molar-refractivity contribution >= 4 is 33.4 Å². The van der Waals surface area contributed by atoms with Crippen LogP contribution in [0.2, 0.25) is 0 Å². The van der Waals surface area contributed by atoms with Gasteiger partial charge in [0, 0.05) is 27.8 Å². The molecule has 0 saturated heterocycles. The van der Waals surface area contributed by atoms with Gasteiger partial charge in [0.1, 0.15) is 12.4 Å². The van der Waals surface area contributed by atoms with E-state index in [1.807, 2.05) is 12.1 Å². The Morgan fingerprint density at radius 1 is 1.03 bits per heavy atom. The molecule has 160 valence electrons. The summed E-state index contributed by atoms with van der Waals surface area (Å²) in [4.78, 5) is 24.5. The number of hydrogen-bond acceptors (Lipinski definition) is 5.